The largest absolute Gasteiger partial charge is 0.472 e. The minimum Gasteiger partial charge on any atom is -0.472 e. The smallest absolute Gasteiger partial charge is 0.408 e. The van der Waals surface area contributed by atoms with E-state index in [2.05, 4.69) is 15.4 Å². The number of furan rings is 1. The summed E-state index contributed by atoms with van der Waals surface area (Å²) < 4.78 is 46.1. The van der Waals surface area contributed by atoms with Gasteiger partial charge in [-0.3, -0.25) is 19.1 Å². The zero-order valence-electron chi connectivity index (χ0n) is 32.5. The highest BCUT2D eigenvalue weighted by molar-refractivity contribution is 7.91. The van der Waals surface area contributed by atoms with Crippen molar-refractivity contribution < 1.29 is 41.5 Å². The normalized spacial score (nSPS) is 23.2. The number of halogens is 1. The van der Waals surface area contributed by atoms with Crippen molar-refractivity contribution in [3.63, 3.8) is 0 Å². The summed E-state index contributed by atoms with van der Waals surface area (Å²) in [7, 11) is -3.89. The van der Waals surface area contributed by atoms with Crippen LogP contribution in [0, 0.1) is 11.3 Å². The van der Waals surface area contributed by atoms with Gasteiger partial charge in [0.15, 0.2) is 5.58 Å². The van der Waals surface area contributed by atoms with Crippen molar-refractivity contribution in [3.8, 4) is 5.88 Å². The Morgan fingerprint density at radius 2 is 1.75 bits per heavy atom. The summed E-state index contributed by atoms with van der Waals surface area (Å²) in [6.07, 6.45) is 0.0740. The Hall–Kier alpha value is -4.63. The Morgan fingerprint density at radius 3 is 2.39 bits per heavy atom. The average molecular weight is 810 g/mol. The second-order valence-electron chi connectivity index (χ2n) is 17.3. The highest BCUT2D eigenvalue weighted by atomic mass is 35.5. The van der Waals surface area contributed by atoms with E-state index >= 15 is 0 Å². The Labute approximate surface area is 330 Å². The van der Waals surface area contributed by atoms with Gasteiger partial charge >= 0.3 is 6.09 Å². The number of fused-ring (bicyclic) bond motifs is 5. The van der Waals surface area contributed by atoms with Gasteiger partial charge in [0, 0.05) is 27.6 Å². The van der Waals surface area contributed by atoms with Gasteiger partial charge in [0.2, 0.25) is 27.7 Å². The van der Waals surface area contributed by atoms with Crippen molar-refractivity contribution in [2.45, 2.75) is 115 Å². The van der Waals surface area contributed by atoms with Crippen molar-refractivity contribution in [1.29, 1.82) is 0 Å². The summed E-state index contributed by atoms with van der Waals surface area (Å²) in [4.78, 5) is 62.1. The predicted octanol–water partition coefficient (Wildman–Crippen LogP) is 5.97. The van der Waals surface area contributed by atoms with Gasteiger partial charge in [-0.05, 0) is 81.7 Å². The van der Waals surface area contributed by atoms with Crippen LogP contribution < -0.4 is 20.1 Å². The Morgan fingerprint density at radius 1 is 1.04 bits per heavy atom. The van der Waals surface area contributed by atoms with Crippen LogP contribution in [0.3, 0.4) is 0 Å². The van der Waals surface area contributed by atoms with E-state index in [1.165, 1.54) is 4.90 Å². The van der Waals surface area contributed by atoms with Crippen LogP contribution in [-0.4, -0.2) is 83.2 Å². The number of nitrogens with one attached hydrogen (secondary N) is 3. The third-order valence-electron chi connectivity index (χ3n) is 10.7. The van der Waals surface area contributed by atoms with Crippen LogP contribution in [0.1, 0.15) is 80.6 Å². The fraction of sp³-hybridized carbons (Fsp3) is 0.525. The molecule has 7 rings (SSSR count). The third kappa shape index (κ3) is 7.71. The number of carbonyl (C=O) groups is 4. The molecule has 1 aliphatic heterocycles. The fourth-order valence-electron chi connectivity index (χ4n) is 7.54. The molecule has 1 saturated heterocycles. The number of hydrogen-bond acceptors (Lipinski definition) is 10. The highest BCUT2D eigenvalue weighted by Gasteiger charge is 2.62. The molecule has 16 heteroatoms. The maximum atomic E-state index is 14.7. The monoisotopic (exact) mass is 809 g/mol. The molecule has 3 fully saturated rings. The number of likely N-dealkylation sites (tertiary alicyclic amines) is 1. The summed E-state index contributed by atoms with van der Waals surface area (Å²) in [5.74, 6) is -2.11. The molecule has 2 aromatic heterocycles. The molecule has 2 aromatic carbocycles. The molecule has 2 saturated carbocycles. The Bertz CT molecular complexity index is 2360. The summed E-state index contributed by atoms with van der Waals surface area (Å²) in [6.45, 7) is 12.3. The maximum absolute atomic E-state index is 14.7. The van der Waals surface area contributed by atoms with E-state index in [1.54, 1.807) is 53.7 Å². The Kier molecular flexibility index (Phi) is 9.96. The second-order valence-corrected chi connectivity index (χ2v) is 19.7. The predicted molar refractivity (Wildman–Crippen MR) is 211 cm³/mol. The minimum absolute atomic E-state index is 0.0103. The number of benzene rings is 2. The Balaban J connectivity index is 1.24. The number of amides is 4. The van der Waals surface area contributed by atoms with Gasteiger partial charge in [0.1, 0.15) is 40.4 Å². The topological polar surface area (TPSA) is 186 Å². The number of sulfonamides is 1. The molecule has 0 spiro atoms. The molecule has 14 nitrogen and oxygen atoms in total. The summed E-state index contributed by atoms with van der Waals surface area (Å²) in [6, 6.07) is 10.4. The van der Waals surface area contributed by atoms with Gasteiger partial charge in [-0.2, -0.15) is 0 Å². The molecule has 0 bridgehead atoms. The van der Waals surface area contributed by atoms with Crippen molar-refractivity contribution >= 4 is 78.3 Å². The molecule has 4 aromatic rings. The van der Waals surface area contributed by atoms with Crippen LogP contribution in [0.5, 0.6) is 5.88 Å². The van der Waals surface area contributed by atoms with E-state index in [4.69, 9.17) is 30.5 Å². The van der Waals surface area contributed by atoms with Crippen LogP contribution >= 0.6 is 11.6 Å². The number of rotatable bonds is 10. The van der Waals surface area contributed by atoms with Crippen molar-refractivity contribution in [3.05, 3.63) is 47.5 Å². The lowest BCUT2D eigenvalue weighted by Gasteiger charge is -2.36. The standard InChI is InChI=1S/C40H48ClN5O9S/c1-8-21-19-40(21,36(49)45-56(51,52)24-14-15-24)44-33(47)28-18-23(20-46(28)35(48)32(38(2,3)4)43-37(50)55-39(5,6)7)53-34-27-17-22(41)13-16-25(27)31-30(42-34)26-11-9-10-12-29(26)54-31/h9-13,16-17,21,23-24,28,32H,8,14-15,18-20H2,1-7H3,(H,43,50)(H,44,47)(H,45,49)/t21-,23-,28+,32-,40-/m1/s1. The first-order valence-corrected chi connectivity index (χ1v) is 20.9. The van der Waals surface area contributed by atoms with Gasteiger partial charge < -0.3 is 29.4 Å². The van der Waals surface area contributed by atoms with Crippen molar-refractivity contribution in [2.24, 2.45) is 11.3 Å². The highest BCUT2D eigenvalue weighted by Crippen LogP contribution is 2.47. The van der Waals surface area contributed by atoms with Crippen molar-refractivity contribution in [2.75, 3.05) is 6.54 Å². The zero-order chi connectivity index (χ0) is 40.5. The van der Waals surface area contributed by atoms with Gasteiger partial charge in [-0.15, -0.1) is 0 Å². The molecule has 56 heavy (non-hydrogen) atoms. The first-order chi connectivity index (χ1) is 26.2. The number of alkyl carbamates (subject to hydrolysis) is 1. The molecule has 0 radical (unpaired) electrons. The van der Waals surface area contributed by atoms with Gasteiger partial charge in [-0.1, -0.05) is 57.8 Å². The van der Waals surface area contributed by atoms with E-state index in [-0.39, 0.29) is 31.2 Å². The summed E-state index contributed by atoms with van der Waals surface area (Å²) in [5.41, 5.74) is -1.40. The molecular weight excluding hydrogens is 762 g/mol. The lowest BCUT2D eigenvalue weighted by atomic mass is 9.85. The molecule has 3 heterocycles. The number of nitrogens with zero attached hydrogens (tertiary/aromatic N) is 2. The summed E-state index contributed by atoms with van der Waals surface area (Å²) >= 11 is 6.47. The number of hydrogen-bond donors (Lipinski definition) is 3. The summed E-state index contributed by atoms with van der Waals surface area (Å²) in [5, 5.41) is 7.42. The number of pyridine rings is 1. The molecular formula is C40H48ClN5O9S. The van der Waals surface area contributed by atoms with Gasteiger partial charge in [0.05, 0.1) is 11.8 Å². The van der Waals surface area contributed by atoms with E-state index in [1.807, 2.05) is 37.3 Å². The second kappa shape index (κ2) is 14.1. The average Bonchev–Trinajstić information content (AvgIpc) is 4.01. The lowest BCUT2D eigenvalue weighted by Crippen LogP contribution is -2.60. The van der Waals surface area contributed by atoms with Gasteiger partial charge in [0.25, 0.3) is 5.91 Å². The fourth-order valence-corrected chi connectivity index (χ4v) is 9.07. The van der Waals surface area contributed by atoms with E-state index in [0.29, 0.717) is 51.7 Å². The SMILES string of the molecule is CC[C@@H]1C[C@]1(NC(=O)[C@@H]1C[C@@H](Oc2nc3c4ccccc4oc3c3ccc(Cl)cc23)CN1C(=O)[C@@H](NC(=O)OC(C)(C)C)C(C)(C)C)C(=O)NS(=O)(=O)C1CC1. The number of aromatic nitrogens is 1. The molecule has 3 N–H and O–H groups in total. The van der Waals surface area contributed by atoms with Crippen LogP contribution in [0.4, 0.5) is 4.79 Å². The molecule has 5 atom stereocenters. The zero-order valence-corrected chi connectivity index (χ0v) is 34.1. The van der Waals surface area contributed by atoms with E-state index in [9.17, 15) is 27.6 Å². The van der Waals surface area contributed by atoms with Crippen LogP contribution in [0.15, 0.2) is 46.9 Å². The van der Waals surface area contributed by atoms with Crippen LogP contribution in [0.25, 0.3) is 32.8 Å². The van der Waals surface area contributed by atoms with E-state index < -0.39 is 73.8 Å². The molecule has 0 unspecified atom stereocenters. The number of para-hydroxylation sites is 1. The first-order valence-electron chi connectivity index (χ1n) is 19.0. The van der Waals surface area contributed by atoms with E-state index in [0.717, 1.165) is 5.39 Å². The lowest BCUT2D eigenvalue weighted by molar-refractivity contribution is -0.143. The van der Waals surface area contributed by atoms with Crippen molar-refractivity contribution in [1.82, 2.24) is 25.2 Å². The van der Waals surface area contributed by atoms with Crippen LogP contribution in [-0.2, 0) is 29.1 Å². The first kappa shape index (κ1) is 39.6. The number of ether oxygens (including phenoxy) is 2. The minimum atomic E-state index is -3.89. The quantitative estimate of drug-likeness (QED) is 0.172. The third-order valence-corrected chi connectivity index (χ3v) is 12.7. The molecule has 300 valence electrons. The molecule has 3 aliphatic rings. The maximum Gasteiger partial charge on any atom is 0.408 e. The number of carbonyl (C=O) groups excluding carboxylic acids is 4. The molecule has 4 amide bonds. The van der Waals surface area contributed by atoms with Crippen LogP contribution in [0.2, 0.25) is 5.02 Å². The van der Waals surface area contributed by atoms with Gasteiger partial charge in [-0.25, -0.2) is 18.2 Å². The molecule has 2 aliphatic carbocycles.